The van der Waals surface area contributed by atoms with Gasteiger partial charge in [0.1, 0.15) is 28.2 Å². The fourth-order valence-electron chi connectivity index (χ4n) is 1.51. The summed E-state index contributed by atoms with van der Waals surface area (Å²) >= 11 is 0. The van der Waals surface area contributed by atoms with Crippen LogP contribution in [-0.2, 0) is 4.79 Å². The number of hydrogen-bond acceptors (Lipinski definition) is 5. The van der Waals surface area contributed by atoms with Gasteiger partial charge in [-0.2, -0.15) is 0 Å². The van der Waals surface area contributed by atoms with E-state index in [4.69, 9.17) is 9.52 Å². The van der Waals surface area contributed by atoms with Crippen molar-refractivity contribution < 1.29 is 24.5 Å². The SMILES string of the molecule is O=C(O)C=Cc1cc(=O)c2c(O)cc(O)cc2o1. The summed E-state index contributed by atoms with van der Waals surface area (Å²) < 4.78 is 5.18. The average molecular weight is 248 g/mol. The molecule has 0 fully saturated rings. The fraction of sp³-hybridized carbons (Fsp3) is 0. The summed E-state index contributed by atoms with van der Waals surface area (Å²) in [6.07, 6.45) is 1.91. The third kappa shape index (κ3) is 2.17. The van der Waals surface area contributed by atoms with Crippen LogP contribution in [0.5, 0.6) is 11.5 Å². The van der Waals surface area contributed by atoms with E-state index >= 15 is 0 Å². The second kappa shape index (κ2) is 4.25. The quantitative estimate of drug-likeness (QED) is 0.691. The highest BCUT2D eigenvalue weighted by molar-refractivity contribution is 5.87. The lowest BCUT2D eigenvalue weighted by Crippen LogP contribution is -2.00. The summed E-state index contributed by atoms with van der Waals surface area (Å²) in [6, 6.07) is 3.24. The van der Waals surface area contributed by atoms with Crippen LogP contribution in [0.4, 0.5) is 0 Å². The summed E-state index contributed by atoms with van der Waals surface area (Å²) in [5, 5.41) is 27.2. The number of hydrogen-bond donors (Lipinski definition) is 3. The fourth-order valence-corrected chi connectivity index (χ4v) is 1.51. The predicted octanol–water partition coefficient (Wildman–Crippen LogP) is 1.30. The summed E-state index contributed by atoms with van der Waals surface area (Å²) in [4.78, 5) is 22.0. The molecule has 0 aliphatic heterocycles. The van der Waals surface area contributed by atoms with Crippen LogP contribution >= 0.6 is 0 Å². The van der Waals surface area contributed by atoms with Crippen LogP contribution in [0.3, 0.4) is 0 Å². The Labute approximate surface area is 100 Å². The summed E-state index contributed by atoms with van der Waals surface area (Å²) in [6.45, 7) is 0. The number of aromatic hydroxyl groups is 2. The van der Waals surface area contributed by atoms with Gasteiger partial charge in [0.25, 0.3) is 0 Å². The Hall–Kier alpha value is -2.76. The molecule has 1 aromatic carbocycles. The first-order valence-electron chi connectivity index (χ1n) is 4.88. The van der Waals surface area contributed by atoms with Gasteiger partial charge in [-0.15, -0.1) is 0 Å². The molecule has 0 aliphatic rings. The Bertz CT molecular complexity index is 710. The molecule has 0 atom stereocenters. The Morgan fingerprint density at radius 2 is 1.94 bits per heavy atom. The Morgan fingerprint density at radius 3 is 2.61 bits per heavy atom. The van der Waals surface area contributed by atoms with E-state index in [0.29, 0.717) is 0 Å². The van der Waals surface area contributed by atoms with E-state index < -0.39 is 17.1 Å². The summed E-state index contributed by atoms with van der Waals surface area (Å²) in [7, 11) is 0. The molecule has 0 unspecified atom stereocenters. The maximum Gasteiger partial charge on any atom is 0.328 e. The van der Waals surface area contributed by atoms with Gasteiger partial charge in [-0.25, -0.2) is 4.79 Å². The normalized spacial score (nSPS) is 11.1. The molecule has 0 saturated carbocycles. The zero-order valence-electron chi connectivity index (χ0n) is 8.95. The number of carbonyl (C=O) groups is 1. The van der Waals surface area contributed by atoms with Crippen molar-refractivity contribution in [3.63, 3.8) is 0 Å². The van der Waals surface area contributed by atoms with Gasteiger partial charge in [0, 0.05) is 24.3 Å². The topological polar surface area (TPSA) is 108 Å². The van der Waals surface area contributed by atoms with E-state index in [1.807, 2.05) is 0 Å². The van der Waals surface area contributed by atoms with Crippen LogP contribution in [-0.4, -0.2) is 21.3 Å². The highest BCUT2D eigenvalue weighted by atomic mass is 16.4. The Morgan fingerprint density at radius 1 is 1.22 bits per heavy atom. The van der Waals surface area contributed by atoms with Crippen LogP contribution in [0.1, 0.15) is 5.76 Å². The number of carboxylic acid groups (broad SMARTS) is 1. The molecule has 3 N–H and O–H groups in total. The van der Waals surface area contributed by atoms with Crippen LogP contribution in [0.15, 0.2) is 33.5 Å². The van der Waals surface area contributed by atoms with Crippen molar-refractivity contribution in [3.05, 3.63) is 40.3 Å². The standard InChI is InChI=1S/C12H8O6/c13-6-3-8(14)12-9(15)5-7(1-2-11(16)17)18-10(12)4-6/h1-5,13-14H,(H,16,17). The first-order chi connectivity index (χ1) is 8.47. The van der Waals surface area contributed by atoms with Gasteiger partial charge in [-0.05, 0) is 6.08 Å². The maximum absolute atomic E-state index is 11.7. The van der Waals surface area contributed by atoms with Gasteiger partial charge >= 0.3 is 5.97 Å². The number of carboxylic acids is 1. The molecule has 0 saturated heterocycles. The molecule has 6 heteroatoms. The van der Waals surface area contributed by atoms with Crippen LogP contribution in [0, 0.1) is 0 Å². The number of phenolic OH excluding ortho intramolecular Hbond substituents is 2. The number of rotatable bonds is 2. The monoisotopic (exact) mass is 248 g/mol. The second-order valence-corrected chi connectivity index (χ2v) is 3.52. The zero-order valence-corrected chi connectivity index (χ0v) is 8.95. The second-order valence-electron chi connectivity index (χ2n) is 3.52. The van der Waals surface area contributed by atoms with Gasteiger partial charge in [-0.3, -0.25) is 4.79 Å². The Kier molecular flexibility index (Phi) is 2.77. The van der Waals surface area contributed by atoms with Crippen molar-refractivity contribution in [3.8, 4) is 11.5 Å². The van der Waals surface area contributed by atoms with Crippen molar-refractivity contribution in [2.45, 2.75) is 0 Å². The minimum absolute atomic E-state index is 0.0138. The predicted molar refractivity (Wildman–Crippen MR) is 62.5 cm³/mol. The lowest BCUT2D eigenvalue weighted by Gasteiger charge is -2.02. The first-order valence-corrected chi connectivity index (χ1v) is 4.88. The minimum Gasteiger partial charge on any atom is -0.508 e. The number of phenols is 2. The molecule has 2 rings (SSSR count). The molecular formula is C12H8O6. The molecule has 92 valence electrons. The lowest BCUT2D eigenvalue weighted by atomic mass is 10.2. The van der Waals surface area contributed by atoms with Crippen molar-refractivity contribution in [2.75, 3.05) is 0 Å². The molecule has 0 aliphatic carbocycles. The van der Waals surface area contributed by atoms with Crippen LogP contribution in [0.2, 0.25) is 0 Å². The van der Waals surface area contributed by atoms with E-state index in [9.17, 15) is 19.8 Å². The van der Waals surface area contributed by atoms with Crippen LogP contribution < -0.4 is 5.43 Å². The largest absolute Gasteiger partial charge is 0.508 e. The van der Waals surface area contributed by atoms with E-state index in [1.54, 1.807) is 0 Å². The van der Waals surface area contributed by atoms with E-state index in [-0.39, 0.29) is 22.5 Å². The smallest absolute Gasteiger partial charge is 0.328 e. The van der Waals surface area contributed by atoms with Crippen LogP contribution in [0.25, 0.3) is 17.0 Å². The molecule has 0 amide bonds. The number of benzene rings is 1. The lowest BCUT2D eigenvalue weighted by molar-refractivity contribution is -0.131. The molecule has 0 radical (unpaired) electrons. The van der Waals surface area contributed by atoms with Gasteiger partial charge in [0.15, 0.2) is 5.43 Å². The third-order valence-corrected chi connectivity index (χ3v) is 2.20. The summed E-state index contributed by atoms with van der Waals surface area (Å²) in [5.41, 5.74) is -0.552. The zero-order chi connectivity index (χ0) is 13.3. The van der Waals surface area contributed by atoms with E-state index in [1.165, 1.54) is 0 Å². The van der Waals surface area contributed by atoms with E-state index in [2.05, 4.69) is 0 Å². The molecule has 0 spiro atoms. The summed E-state index contributed by atoms with van der Waals surface area (Å²) in [5.74, 6) is -1.83. The number of aliphatic carboxylic acids is 1. The average Bonchev–Trinajstić information content (AvgIpc) is 2.24. The van der Waals surface area contributed by atoms with Gasteiger partial charge < -0.3 is 19.7 Å². The Balaban J connectivity index is 2.69. The van der Waals surface area contributed by atoms with Crippen molar-refractivity contribution in [2.24, 2.45) is 0 Å². The van der Waals surface area contributed by atoms with Gasteiger partial charge in [0.05, 0.1) is 0 Å². The highest BCUT2D eigenvalue weighted by Gasteiger charge is 2.09. The number of fused-ring (bicyclic) bond motifs is 1. The molecule has 18 heavy (non-hydrogen) atoms. The molecule has 1 aromatic heterocycles. The molecule has 2 aromatic rings. The minimum atomic E-state index is -1.18. The molecule has 6 nitrogen and oxygen atoms in total. The molecule has 1 heterocycles. The third-order valence-electron chi connectivity index (χ3n) is 2.20. The van der Waals surface area contributed by atoms with Crippen molar-refractivity contribution >= 4 is 23.0 Å². The maximum atomic E-state index is 11.7. The van der Waals surface area contributed by atoms with Crippen molar-refractivity contribution in [1.29, 1.82) is 0 Å². The molecular weight excluding hydrogens is 240 g/mol. The first kappa shape index (κ1) is 11.7. The molecule has 0 bridgehead atoms. The van der Waals surface area contributed by atoms with E-state index in [0.717, 1.165) is 30.4 Å². The van der Waals surface area contributed by atoms with Crippen molar-refractivity contribution in [1.82, 2.24) is 0 Å². The highest BCUT2D eigenvalue weighted by Crippen LogP contribution is 2.27. The van der Waals surface area contributed by atoms with Gasteiger partial charge in [0.2, 0.25) is 0 Å². The van der Waals surface area contributed by atoms with Gasteiger partial charge in [-0.1, -0.05) is 0 Å².